The maximum atomic E-state index is 5.38. The van der Waals surface area contributed by atoms with Crippen molar-refractivity contribution in [2.75, 3.05) is 37.5 Å². The molecular formula is C22H28N6O2. The van der Waals surface area contributed by atoms with E-state index in [4.69, 9.17) is 9.47 Å². The first kappa shape index (κ1) is 20.0. The average molecular weight is 409 g/mol. The molecule has 1 unspecified atom stereocenters. The van der Waals surface area contributed by atoms with E-state index in [1.165, 1.54) is 0 Å². The van der Waals surface area contributed by atoms with Gasteiger partial charge in [-0.1, -0.05) is 0 Å². The van der Waals surface area contributed by atoms with E-state index in [1.807, 2.05) is 54.9 Å². The largest absolute Gasteiger partial charge is 0.497 e. The molecule has 30 heavy (non-hydrogen) atoms. The van der Waals surface area contributed by atoms with Crippen LogP contribution in [0.5, 0.6) is 11.5 Å². The van der Waals surface area contributed by atoms with Crippen LogP contribution in [-0.4, -0.2) is 53.3 Å². The average Bonchev–Trinajstić information content (AvgIpc) is 3.11. The maximum absolute atomic E-state index is 5.38. The van der Waals surface area contributed by atoms with E-state index in [-0.39, 0.29) is 0 Å². The summed E-state index contributed by atoms with van der Waals surface area (Å²) in [6, 6.07) is 12.2. The molecule has 1 atom stereocenters. The van der Waals surface area contributed by atoms with E-state index in [0.717, 1.165) is 66.1 Å². The normalized spacial score (nSPS) is 16.4. The molecule has 2 aromatic heterocycles. The molecule has 158 valence electrons. The smallest absolute Gasteiger partial charge is 0.176 e. The third-order valence-corrected chi connectivity index (χ3v) is 5.33. The van der Waals surface area contributed by atoms with Crippen LogP contribution in [0.25, 0.3) is 5.82 Å². The first-order valence-electron chi connectivity index (χ1n) is 10.2. The Morgan fingerprint density at radius 1 is 0.967 bits per heavy atom. The van der Waals surface area contributed by atoms with Crippen molar-refractivity contribution in [2.45, 2.75) is 32.7 Å². The predicted octanol–water partition coefficient (Wildman–Crippen LogP) is 3.38. The molecule has 1 aromatic carbocycles. The van der Waals surface area contributed by atoms with Crippen molar-refractivity contribution in [1.82, 2.24) is 20.0 Å². The zero-order chi connectivity index (χ0) is 21.1. The molecule has 1 fully saturated rings. The Balaban J connectivity index is 1.46. The molecular weight excluding hydrogens is 380 g/mol. The second kappa shape index (κ2) is 8.61. The van der Waals surface area contributed by atoms with E-state index in [1.54, 1.807) is 14.2 Å². The van der Waals surface area contributed by atoms with Gasteiger partial charge < -0.3 is 19.7 Å². The monoisotopic (exact) mass is 408 g/mol. The summed E-state index contributed by atoms with van der Waals surface area (Å²) >= 11 is 0. The van der Waals surface area contributed by atoms with Crippen LogP contribution < -0.4 is 19.7 Å². The number of aromatic nitrogens is 4. The third-order valence-electron chi connectivity index (χ3n) is 5.33. The van der Waals surface area contributed by atoms with Gasteiger partial charge >= 0.3 is 0 Å². The second-order valence-corrected chi connectivity index (χ2v) is 7.62. The van der Waals surface area contributed by atoms with Crippen molar-refractivity contribution >= 4 is 11.5 Å². The fourth-order valence-electron chi connectivity index (χ4n) is 3.89. The first-order chi connectivity index (χ1) is 14.6. The van der Waals surface area contributed by atoms with Crippen molar-refractivity contribution in [3.05, 3.63) is 47.8 Å². The fraction of sp³-hybridized carbons (Fsp3) is 0.409. The van der Waals surface area contributed by atoms with E-state index in [2.05, 4.69) is 25.5 Å². The van der Waals surface area contributed by atoms with Crippen LogP contribution >= 0.6 is 0 Å². The van der Waals surface area contributed by atoms with E-state index in [0.29, 0.717) is 6.04 Å². The van der Waals surface area contributed by atoms with Gasteiger partial charge in [0.25, 0.3) is 0 Å². The molecule has 1 N–H and O–H groups in total. The van der Waals surface area contributed by atoms with Gasteiger partial charge in [0.1, 0.15) is 11.5 Å². The highest BCUT2D eigenvalue weighted by atomic mass is 16.5. The number of hydrogen-bond acceptors (Lipinski definition) is 7. The molecule has 8 nitrogen and oxygen atoms in total. The van der Waals surface area contributed by atoms with E-state index in [9.17, 15) is 0 Å². The zero-order valence-electron chi connectivity index (χ0n) is 17.9. The second-order valence-electron chi connectivity index (χ2n) is 7.62. The molecule has 0 bridgehead atoms. The lowest BCUT2D eigenvalue weighted by atomic mass is 10.1. The summed E-state index contributed by atoms with van der Waals surface area (Å²) in [4.78, 5) is 2.27. The zero-order valence-corrected chi connectivity index (χ0v) is 17.9. The highest BCUT2D eigenvalue weighted by Gasteiger charge is 2.22. The summed E-state index contributed by atoms with van der Waals surface area (Å²) in [6.45, 7) is 5.81. The first-order valence-corrected chi connectivity index (χ1v) is 10.2. The Morgan fingerprint density at radius 3 is 2.27 bits per heavy atom. The highest BCUT2D eigenvalue weighted by Crippen LogP contribution is 2.28. The standard InChI is InChI=1S/C22H28N6O2/c1-15-10-16(2)28(26-15)22-8-7-21(24-25-22)27-9-5-6-17(14-27)23-18-11-19(29-3)13-20(12-18)30-4/h7-8,10-13,17,23H,5-6,9,14H2,1-4H3. The molecule has 3 heterocycles. The van der Waals surface area contributed by atoms with Crippen LogP contribution in [0, 0.1) is 13.8 Å². The summed E-state index contributed by atoms with van der Waals surface area (Å²) in [6.07, 6.45) is 2.17. The molecule has 4 rings (SSSR count). The number of hydrogen-bond donors (Lipinski definition) is 1. The van der Waals surface area contributed by atoms with Crippen LogP contribution in [0.1, 0.15) is 24.2 Å². The lowest BCUT2D eigenvalue weighted by Gasteiger charge is -2.34. The molecule has 0 saturated carbocycles. The summed E-state index contributed by atoms with van der Waals surface area (Å²) in [5.74, 6) is 3.17. The van der Waals surface area contributed by atoms with E-state index < -0.39 is 0 Å². The Labute approximate surface area is 176 Å². The molecule has 1 aliphatic heterocycles. The van der Waals surface area contributed by atoms with Crippen molar-refractivity contribution in [1.29, 1.82) is 0 Å². The van der Waals surface area contributed by atoms with E-state index >= 15 is 0 Å². The fourth-order valence-corrected chi connectivity index (χ4v) is 3.89. The minimum Gasteiger partial charge on any atom is -0.497 e. The van der Waals surface area contributed by atoms with Crippen LogP contribution in [0.4, 0.5) is 11.5 Å². The van der Waals surface area contributed by atoms with Crippen molar-refractivity contribution in [2.24, 2.45) is 0 Å². The Hall–Kier alpha value is -3.29. The van der Waals surface area contributed by atoms with Crippen LogP contribution in [0.3, 0.4) is 0 Å². The highest BCUT2D eigenvalue weighted by molar-refractivity contribution is 5.55. The number of ether oxygens (including phenoxy) is 2. The van der Waals surface area contributed by atoms with Gasteiger partial charge in [0.15, 0.2) is 11.6 Å². The molecule has 0 aliphatic carbocycles. The number of rotatable bonds is 6. The van der Waals surface area contributed by atoms with Crippen LogP contribution in [-0.2, 0) is 0 Å². The lowest BCUT2D eigenvalue weighted by Crippen LogP contribution is -2.42. The maximum Gasteiger partial charge on any atom is 0.176 e. The lowest BCUT2D eigenvalue weighted by molar-refractivity contribution is 0.394. The number of anilines is 2. The number of aryl methyl sites for hydroxylation is 2. The molecule has 0 amide bonds. The SMILES string of the molecule is COc1cc(NC2CCCN(c3ccc(-n4nc(C)cc4C)nn3)C2)cc(OC)c1. The molecule has 3 aromatic rings. The Bertz CT molecular complexity index is 979. The number of benzene rings is 1. The van der Waals surface area contributed by atoms with Crippen molar-refractivity contribution < 1.29 is 9.47 Å². The third kappa shape index (κ3) is 4.32. The summed E-state index contributed by atoms with van der Waals surface area (Å²) in [7, 11) is 3.32. The van der Waals surface area contributed by atoms with Crippen LogP contribution in [0.2, 0.25) is 0 Å². The minimum atomic E-state index is 0.299. The molecule has 0 radical (unpaired) electrons. The van der Waals surface area contributed by atoms with Crippen molar-refractivity contribution in [3.8, 4) is 17.3 Å². The Morgan fingerprint density at radius 2 is 1.67 bits per heavy atom. The van der Waals surface area contributed by atoms with Gasteiger partial charge in [-0.2, -0.15) is 5.10 Å². The van der Waals surface area contributed by atoms with Crippen LogP contribution in [0.15, 0.2) is 36.4 Å². The molecule has 1 aliphatic rings. The van der Waals surface area contributed by atoms with Gasteiger partial charge in [0.05, 0.1) is 19.9 Å². The molecule has 0 spiro atoms. The van der Waals surface area contributed by atoms with Gasteiger partial charge in [-0.3, -0.25) is 0 Å². The van der Waals surface area contributed by atoms with Gasteiger partial charge in [-0.15, -0.1) is 10.2 Å². The number of piperidine rings is 1. The number of nitrogens with one attached hydrogen (secondary N) is 1. The predicted molar refractivity (Wildman–Crippen MR) is 117 cm³/mol. The van der Waals surface area contributed by atoms with Crippen molar-refractivity contribution in [3.63, 3.8) is 0 Å². The minimum absolute atomic E-state index is 0.299. The van der Waals surface area contributed by atoms with Gasteiger partial charge in [0, 0.05) is 48.7 Å². The summed E-state index contributed by atoms with van der Waals surface area (Å²) in [5, 5.41) is 17.0. The molecule has 1 saturated heterocycles. The summed E-state index contributed by atoms with van der Waals surface area (Å²) < 4.78 is 12.6. The number of methoxy groups -OCH3 is 2. The van der Waals surface area contributed by atoms with Gasteiger partial charge in [0.2, 0.25) is 0 Å². The van der Waals surface area contributed by atoms with Gasteiger partial charge in [-0.25, -0.2) is 4.68 Å². The number of nitrogens with zero attached hydrogens (tertiary/aromatic N) is 5. The quantitative estimate of drug-likeness (QED) is 0.670. The Kier molecular flexibility index (Phi) is 5.74. The van der Waals surface area contributed by atoms with Gasteiger partial charge in [-0.05, 0) is 44.9 Å². The summed E-state index contributed by atoms with van der Waals surface area (Å²) in [5.41, 5.74) is 3.01. The molecule has 8 heteroatoms. The topological polar surface area (TPSA) is 77.3 Å².